The van der Waals surface area contributed by atoms with Gasteiger partial charge >= 0.3 is 0 Å². The minimum Gasteiger partial charge on any atom is -0.496 e. The maximum Gasteiger partial charge on any atom is 0.142 e. The van der Waals surface area contributed by atoms with Crippen LogP contribution in [-0.2, 0) is 0 Å². The van der Waals surface area contributed by atoms with Gasteiger partial charge in [0.2, 0.25) is 0 Å². The summed E-state index contributed by atoms with van der Waals surface area (Å²) in [7, 11) is 1.61. The van der Waals surface area contributed by atoms with Gasteiger partial charge in [0.1, 0.15) is 23.2 Å². The zero-order valence-electron chi connectivity index (χ0n) is 13.9. The predicted molar refractivity (Wildman–Crippen MR) is 103 cm³/mol. The molecule has 0 aliphatic carbocycles. The van der Waals surface area contributed by atoms with Crippen LogP contribution in [0.2, 0.25) is 0 Å². The third kappa shape index (κ3) is 3.09. The van der Waals surface area contributed by atoms with E-state index >= 15 is 0 Å². The van der Waals surface area contributed by atoms with Crippen LogP contribution in [0.25, 0.3) is 22.4 Å². The Hall–Kier alpha value is -2.84. The van der Waals surface area contributed by atoms with Crippen molar-refractivity contribution >= 4 is 21.7 Å². The predicted octanol–water partition coefficient (Wildman–Crippen LogP) is 4.95. The number of rotatable bonds is 3. The van der Waals surface area contributed by atoms with E-state index in [9.17, 15) is 5.26 Å². The first kappa shape index (κ1) is 17.0. The van der Waals surface area contributed by atoms with Gasteiger partial charge < -0.3 is 10.5 Å². The number of nitrogens with zero attached hydrogens (tertiary/aromatic N) is 2. The Morgan fingerprint density at radius 1 is 1.16 bits per heavy atom. The molecule has 3 aromatic rings. The van der Waals surface area contributed by atoms with Crippen LogP contribution < -0.4 is 10.5 Å². The molecule has 0 spiro atoms. The van der Waals surface area contributed by atoms with Crippen LogP contribution in [0.15, 0.2) is 53.0 Å². The van der Waals surface area contributed by atoms with E-state index in [-0.39, 0.29) is 5.82 Å². The zero-order valence-corrected chi connectivity index (χ0v) is 15.5. The molecule has 5 heteroatoms. The van der Waals surface area contributed by atoms with Crippen molar-refractivity contribution in [3.63, 3.8) is 0 Å². The number of anilines is 1. The summed E-state index contributed by atoms with van der Waals surface area (Å²) >= 11 is 3.49. The molecule has 3 rings (SSSR count). The highest BCUT2D eigenvalue weighted by Crippen LogP contribution is 2.40. The smallest absolute Gasteiger partial charge is 0.142 e. The van der Waals surface area contributed by atoms with Gasteiger partial charge in [0.15, 0.2) is 0 Å². The van der Waals surface area contributed by atoms with Gasteiger partial charge in [0, 0.05) is 21.2 Å². The summed E-state index contributed by atoms with van der Waals surface area (Å²) in [5.41, 5.74) is 10.6. The van der Waals surface area contributed by atoms with E-state index in [1.54, 1.807) is 7.11 Å². The highest BCUT2D eigenvalue weighted by Gasteiger charge is 2.20. The van der Waals surface area contributed by atoms with Gasteiger partial charge in [-0.3, -0.25) is 0 Å². The molecule has 0 unspecified atom stereocenters. The lowest BCUT2D eigenvalue weighted by Gasteiger charge is -2.17. The first-order chi connectivity index (χ1) is 12.1. The Kier molecular flexibility index (Phi) is 4.73. The van der Waals surface area contributed by atoms with Gasteiger partial charge in [-0.1, -0.05) is 46.3 Å². The lowest BCUT2D eigenvalue weighted by Crippen LogP contribution is -2.04. The third-order valence-electron chi connectivity index (χ3n) is 4.06. The van der Waals surface area contributed by atoms with E-state index in [0.29, 0.717) is 11.3 Å². The highest BCUT2D eigenvalue weighted by atomic mass is 79.9. The second-order valence-electron chi connectivity index (χ2n) is 5.54. The molecule has 25 heavy (non-hydrogen) atoms. The van der Waals surface area contributed by atoms with Gasteiger partial charge in [-0.2, -0.15) is 5.26 Å². The number of nitrogen functional groups attached to an aromatic ring is 1. The summed E-state index contributed by atoms with van der Waals surface area (Å²) < 4.78 is 6.40. The molecule has 0 saturated heterocycles. The van der Waals surface area contributed by atoms with Crippen molar-refractivity contribution in [2.75, 3.05) is 12.8 Å². The van der Waals surface area contributed by atoms with Crippen molar-refractivity contribution < 1.29 is 4.74 Å². The molecule has 1 heterocycles. The molecule has 0 atom stereocenters. The molecule has 124 valence electrons. The van der Waals surface area contributed by atoms with Crippen molar-refractivity contribution in [1.29, 1.82) is 5.26 Å². The third-order valence-corrected chi connectivity index (χ3v) is 4.55. The van der Waals surface area contributed by atoms with Crippen molar-refractivity contribution in [3.05, 3.63) is 64.1 Å². The Morgan fingerprint density at radius 2 is 1.88 bits per heavy atom. The fraction of sp³-hybridized carbons (Fsp3) is 0.100. The monoisotopic (exact) mass is 393 g/mol. The van der Waals surface area contributed by atoms with Gasteiger partial charge in [-0.15, -0.1) is 0 Å². The summed E-state index contributed by atoms with van der Waals surface area (Å²) in [6.07, 6.45) is 0. The molecule has 0 saturated carbocycles. The van der Waals surface area contributed by atoms with E-state index in [0.717, 1.165) is 32.4 Å². The Labute approximate surface area is 155 Å². The number of methoxy groups -OCH3 is 1. The number of ether oxygens (including phenoxy) is 1. The van der Waals surface area contributed by atoms with Gasteiger partial charge in [0.05, 0.1) is 12.8 Å². The Balaban J connectivity index is 2.39. The SMILES string of the molecule is COc1ccc(Br)cc1-c1c(C)c(-c2ccccc2)nc(N)c1C#N. The number of aromatic nitrogens is 1. The largest absolute Gasteiger partial charge is 0.496 e. The quantitative estimate of drug-likeness (QED) is 0.682. The molecule has 2 N–H and O–H groups in total. The molecule has 0 bridgehead atoms. The van der Waals surface area contributed by atoms with Gasteiger partial charge in [-0.05, 0) is 30.7 Å². The van der Waals surface area contributed by atoms with Crippen LogP contribution in [-0.4, -0.2) is 12.1 Å². The van der Waals surface area contributed by atoms with E-state index in [2.05, 4.69) is 27.0 Å². The number of nitriles is 1. The molecule has 0 fully saturated rings. The van der Waals surface area contributed by atoms with Gasteiger partial charge in [0.25, 0.3) is 0 Å². The Bertz CT molecular complexity index is 978. The van der Waals surface area contributed by atoms with Crippen molar-refractivity contribution in [1.82, 2.24) is 4.98 Å². The number of benzene rings is 2. The first-order valence-electron chi connectivity index (χ1n) is 7.66. The summed E-state index contributed by atoms with van der Waals surface area (Å²) in [6, 6.07) is 17.7. The van der Waals surface area contributed by atoms with Crippen molar-refractivity contribution in [2.45, 2.75) is 6.92 Å². The summed E-state index contributed by atoms with van der Waals surface area (Å²) in [5, 5.41) is 9.66. The fourth-order valence-corrected chi connectivity index (χ4v) is 3.26. The number of hydrogen-bond acceptors (Lipinski definition) is 4. The van der Waals surface area contributed by atoms with Crippen LogP contribution in [0.5, 0.6) is 5.75 Å². The van der Waals surface area contributed by atoms with E-state index < -0.39 is 0 Å². The van der Waals surface area contributed by atoms with Crippen LogP contribution in [0.3, 0.4) is 0 Å². The van der Waals surface area contributed by atoms with Crippen LogP contribution >= 0.6 is 15.9 Å². The molecule has 0 radical (unpaired) electrons. The van der Waals surface area contributed by atoms with Gasteiger partial charge in [-0.25, -0.2) is 4.98 Å². The molecular weight excluding hydrogens is 378 g/mol. The average molecular weight is 394 g/mol. The summed E-state index contributed by atoms with van der Waals surface area (Å²) in [4.78, 5) is 4.48. The number of hydrogen-bond donors (Lipinski definition) is 1. The lowest BCUT2D eigenvalue weighted by molar-refractivity contribution is 0.416. The van der Waals surface area contributed by atoms with E-state index in [1.807, 2.05) is 55.5 Å². The second-order valence-corrected chi connectivity index (χ2v) is 6.46. The normalized spacial score (nSPS) is 10.3. The number of halogens is 1. The molecule has 0 amide bonds. The Morgan fingerprint density at radius 3 is 2.52 bits per heavy atom. The molecular formula is C20H16BrN3O. The maximum absolute atomic E-state index is 9.66. The minimum absolute atomic E-state index is 0.212. The van der Waals surface area contributed by atoms with Crippen LogP contribution in [0.1, 0.15) is 11.1 Å². The molecule has 0 aliphatic rings. The second kappa shape index (κ2) is 6.96. The molecule has 4 nitrogen and oxygen atoms in total. The topological polar surface area (TPSA) is 71.9 Å². The molecule has 2 aromatic carbocycles. The van der Waals surface area contributed by atoms with Crippen LogP contribution in [0, 0.1) is 18.3 Å². The fourth-order valence-electron chi connectivity index (χ4n) is 2.90. The van der Waals surface area contributed by atoms with E-state index in [1.165, 1.54) is 0 Å². The summed E-state index contributed by atoms with van der Waals surface area (Å²) in [6.45, 7) is 1.95. The van der Waals surface area contributed by atoms with E-state index in [4.69, 9.17) is 10.5 Å². The first-order valence-corrected chi connectivity index (χ1v) is 8.45. The zero-order chi connectivity index (χ0) is 18.0. The number of nitrogens with two attached hydrogens (primary N) is 1. The lowest BCUT2D eigenvalue weighted by atomic mass is 9.92. The minimum atomic E-state index is 0.212. The van der Waals surface area contributed by atoms with Crippen molar-refractivity contribution in [2.24, 2.45) is 0 Å². The maximum atomic E-state index is 9.66. The molecule has 1 aromatic heterocycles. The highest BCUT2D eigenvalue weighted by molar-refractivity contribution is 9.10. The molecule has 0 aliphatic heterocycles. The summed E-state index contributed by atoms with van der Waals surface area (Å²) in [5.74, 6) is 0.886. The standard InChI is InChI=1S/C20H16BrN3O/c1-12-18(15-10-14(21)8-9-17(15)25-2)16(11-22)20(23)24-19(12)13-6-4-3-5-7-13/h3-10H,1-2H3,(H2,23,24). The van der Waals surface area contributed by atoms with Crippen molar-refractivity contribution in [3.8, 4) is 34.2 Å². The van der Waals surface area contributed by atoms with Crippen LogP contribution in [0.4, 0.5) is 5.82 Å². The number of pyridine rings is 1. The average Bonchev–Trinajstić information content (AvgIpc) is 2.63.